The Morgan fingerprint density at radius 1 is 1.57 bits per heavy atom. The van der Waals surface area contributed by atoms with Crippen molar-refractivity contribution in [3.05, 3.63) is 16.1 Å². The molecule has 0 aliphatic carbocycles. The van der Waals surface area contributed by atoms with Gasteiger partial charge >= 0.3 is 0 Å². The lowest BCUT2D eigenvalue weighted by atomic mass is 10.1. The first-order chi connectivity index (χ1) is 6.50. The Kier molecular flexibility index (Phi) is 3.77. The van der Waals surface area contributed by atoms with Gasteiger partial charge in [0.25, 0.3) is 0 Å². The zero-order valence-electron chi connectivity index (χ0n) is 8.78. The molecule has 14 heavy (non-hydrogen) atoms. The number of carbonyl (C=O) groups excluding carboxylic acids is 1. The average Bonchev–Trinajstić information content (AvgIpc) is 2.50. The summed E-state index contributed by atoms with van der Waals surface area (Å²) in [6.07, 6.45) is 0.558. The molecule has 0 aliphatic heterocycles. The fraction of sp³-hybridized carbons (Fsp3) is 0.600. The standard InChI is InChI=1S/C10H16N2OS/c1-6(2)4-9(13)8-5-14-10(12-8)7(3)11/h5-7H,4,11H2,1-3H3. The lowest BCUT2D eigenvalue weighted by molar-refractivity contribution is 0.0963. The van der Waals surface area contributed by atoms with Crippen molar-refractivity contribution in [3.63, 3.8) is 0 Å². The maximum atomic E-state index is 11.6. The molecule has 0 spiro atoms. The molecule has 0 amide bonds. The summed E-state index contributed by atoms with van der Waals surface area (Å²) in [5.74, 6) is 0.492. The molecule has 1 heterocycles. The van der Waals surface area contributed by atoms with Gasteiger partial charge in [-0.05, 0) is 12.8 Å². The van der Waals surface area contributed by atoms with Crippen molar-refractivity contribution in [3.8, 4) is 0 Å². The molecule has 2 N–H and O–H groups in total. The van der Waals surface area contributed by atoms with Crippen LogP contribution in [0.15, 0.2) is 5.38 Å². The van der Waals surface area contributed by atoms with Crippen LogP contribution in [0.2, 0.25) is 0 Å². The SMILES string of the molecule is CC(C)CC(=O)c1csc(C(C)N)n1. The highest BCUT2D eigenvalue weighted by molar-refractivity contribution is 7.09. The van der Waals surface area contributed by atoms with Crippen LogP contribution in [0.4, 0.5) is 0 Å². The second kappa shape index (κ2) is 4.66. The number of hydrogen-bond donors (Lipinski definition) is 1. The van der Waals surface area contributed by atoms with E-state index in [1.165, 1.54) is 11.3 Å². The highest BCUT2D eigenvalue weighted by Gasteiger charge is 2.13. The van der Waals surface area contributed by atoms with Gasteiger partial charge in [-0.1, -0.05) is 13.8 Å². The average molecular weight is 212 g/mol. The van der Waals surface area contributed by atoms with Crippen molar-refractivity contribution >= 4 is 17.1 Å². The number of carbonyl (C=O) groups is 1. The first-order valence-electron chi connectivity index (χ1n) is 4.75. The third-order valence-corrected chi connectivity index (χ3v) is 2.84. The lowest BCUT2D eigenvalue weighted by Crippen LogP contribution is -2.07. The normalized spacial score (nSPS) is 13.2. The molecule has 1 rings (SSSR count). The molecule has 0 saturated heterocycles. The minimum Gasteiger partial charge on any atom is -0.322 e. The Morgan fingerprint density at radius 2 is 2.21 bits per heavy atom. The first-order valence-corrected chi connectivity index (χ1v) is 5.63. The molecular weight excluding hydrogens is 196 g/mol. The van der Waals surface area contributed by atoms with Gasteiger partial charge < -0.3 is 5.73 Å². The van der Waals surface area contributed by atoms with Crippen LogP contribution in [-0.4, -0.2) is 10.8 Å². The number of rotatable bonds is 4. The Labute approximate surface area is 88.3 Å². The Hall–Kier alpha value is -0.740. The van der Waals surface area contributed by atoms with E-state index >= 15 is 0 Å². The lowest BCUT2D eigenvalue weighted by Gasteiger charge is -2.00. The largest absolute Gasteiger partial charge is 0.322 e. The molecule has 0 saturated carbocycles. The highest BCUT2D eigenvalue weighted by Crippen LogP contribution is 2.17. The summed E-state index contributed by atoms with van der Waals surface area (Å²) in [6.45, 7) is 5.92. The number of nitrogens with zero attached hydrogens (tertiary/aromatic N) is 1. The van der Waals surface area contributed by atoms with Crippen molar-refractivity contribution in [2.24, 2.45) is 11.7 Å². The molecule has 1 unspecified atom stereocenters. The Morgan fingerprint density at radius 3 is 2.64 bits per heavy atom. The molecule has 0 radical (unpaired) electrons. The van der Waals surface area contributed by atoms with Gasteiger partial charge in [-0.25, -0.2) is 4.98 Å². The molecule has 1 atom stereocenters. The van der Waals surface area contributed by atoms with Crippen molar-refractivity contribution in [1.29, 1.82) is 0 Å². The van der Waals surface area contributed by atoms with E-state index in [-0.39, 0.29) is 11.8 Å². The minimum atomic E-state index is -0.0828. The summed E-state index contributed by atoms with van der Waals surface area (Å²) in [7, 11) is 0. The van der Waals surface area contributed by atoms with E-state index in [2.05, 4.69) is 4.98 Å². The van der Waals surface area contributed by atoms with Gasteiger partial charge in [-0.2, -0.15) is 0 Å². The Balaban J connectivity index is 2.71. The predicted molar refractivity (Wildman–Crippen MR) is 58.5 cm³/mol. The highest BCUT2D eigenvalue weighted by atomic mass is 32.1. The minimum absolute atomic E-state index is 0.0828. The monoisotopic (exact) mass is 212 g/mol. The maximum Gasteiger partial charge on any atom is 0.182 e. The number of Topliss-reactive ketones (excluding diaryl/α,β-unsaturated/α-hetero) is 1. The predicted octanol–water partition coefficient (Wildman–Crippen LogP) is 2.39. The fourth-order valence-electron chi connectivity index (χ4n) is 1.10. The zero-order valence-corrected chi connectivity index (χ0v) is 9.60. The third-order valence-electron chi connectivity index (χ3n) is 1.79. The van der Waals surface area contributed by atoms with Crippen LogP contribution >= 0.6 is 11.3 Å². The summed E-state index contributed by atoms with van der Waals surface area (Å²) in [5.41, 5.74) is 6.23. The Bertz CT molecular complexity index is 318. The smallest absolute Gasteiger partial charge is 0.182 e. The van der Waals surface area contributed by atoms with Crippen LogP contribution in [0, 0.1) is 5.92 Å². The van der Waals surface area contributed by atoms with Crippen LogP contribution in [0.3, 0.4) is 0 Å². The van der Waals surface area contributed by atoms with Crippen molar-refractivity contribution in [2.75, 3.05) is 0 Å². The zero-order chi connectivity index (χ0) is 10.7. The van der Waals surface area contributed by atoms with Gasteiger partial charge in [-0.3, -0.25) is 4.79 Å². The molecule has 1 aromatic rings. The first kappa shape index (κ1) is 11.3. The summed E-state index contributed by atoms with van der Waals surface area (Å²) in [4.78, 5) is 15.8. The van der Waals surface area contributed by atoms with E-state index in [4.69, 9.17) is 5.73 Å². The molecular formula is C10H16N2OS. The summed E-state index contributed by atoms with van der Waals surface area (Å²) >= 11 is 1.46. The van der Waals surface area contributed by atoms with E-state index in [0.29, 0.717) is 18.0 Å². The fourth-order valence-corrected chi connectivity index (χ4v) is 1.88. The van der Waals surface area contributed by atoms with E-state index < -0.39 is 0 Å². The number of aromatic nitrogens is 1. The van der Waals surface area contributed by atoms with Gasteiger partial charge in [0.1, 0.15) is 10.7 Å². The van der Waals surface area contributed by atoms with E-state index in [1.54, 1.807) is 5.38 Å². The van der Waals surface area contributed by atoms with Crippen LogP contribution in [0.5, 0.6) is 0 Å². The van der Waals surface area contributed by atoms with E-state index in [1.807, 2.05) is 20.8 Å². The van der Waals surface area contributed by atoms with Gasteiger partial charge in [0.15, 0.2) is 5.78 Å². The summed E-state index contributed by atoms with van der Waals surface area (Å²) in [5, 5.41) is 2.63. The van der Waals surface area contributed by atoms with Crippen molar-refractivity contribution in [2.45, 2.75) is 33.2 Å². The number of ketones is 1. The van der Waals surface area contributed by atoms with Crippen LogP contribution in [0.1, 0.15) is 48.7 Å². The van der Waals surface area contributed by atoms with Crippen LogP contribution in [-0.2, 0) is 0 Å². The molecule has 3 nitrogen and oxygen atoms in total. The topological polar surface area (TPSA) is 56.0 Å². The van der Waals surface area contributed by atoms with Crippen molar-refractivity contribution < 1.29 is 4.79 Å². The van der Waals surface area contributed by atoms with Gasteiger partial charge in [-0.15, -0.1) is 11.3 Å². The number of nitrogens with two attached hydrogens (primary N) is 1. The van der Waals surface area contributed by atoms with Gasteiger partial charge in [0.05, 0.1) is 6.04 Å². The van der Waals surface area contributed by atoms with E-state index in [0.717, 1.165) is 5.01 Å². The molecule has 0 aromatic carbocycles. The van der Waals surface area contributed by atoms with Gasteiger partial charge in [0.2, 0.25) is 0 Å². The molecule has 0 bridgehead atoms. The quantitative estimate of drug-likeness (QED) is 0.780. The maximum absolute atomic E-state index is 11.6. The number of thiazole rings is 1. The summed E-state index contributed by atoms with van der Waals surface area (Å²) in [6, 6.07) is -0.0828. The summed E-state index contributed by atoms with van der Waals surface area (Å²) < 4.78 is 0. The second-order valence-electron chi connectivity index (χ2n) is 3.88. The van der Waals surface area contributed by atoms with Crippen LogP contribution < -0.4 is 5.73 Å². The molecule has 0 fully saturated rings. The van der Waals surface area contributed by atoms with E-state index in [9.17, 15) is 4.79 Å². The molecule has 0 aliphatic rings. The molecule has 78 valence electrons. The second-order valence-corrected chi connectivity index (χ2v) is 4.77. The number of hydrogen-bond acceptors (Lipinski definition) is 4. The molecule has 4 heteroatoms. The molecule has 1 aromatic heterocycles. The van der Waals surface area contributed by atoms with Crippen LogP contribution in [0.25, 0.3) is 0 Å². The van der Waals surface area contributed by atoms with Gasteiger partial charge in [0, 0.05) is 11.8 Å². The van der Waals surface area contributed by atoms with Crippen molar-refractivity contribution in [1.82, 2.24) is 4.98 Å². The third kappa shape index (κ3) is 2.89.